The van der Waals surface area contributed by atoms with Crippen LogP contribution in [-0.2, 0) is 5.41 Å². The summed E-state index contributed by atoms with van der Waals surface area (Å²) >= 11 is 0. The molecule has 8 rings (SSSR count). The number of rotatable bonds is 28. The van der Waals surface area contributed by atoms with Crippen LogP contribution in [-0.4, -0.2) is 26.4 Å². The van der Waals surface area contributed by atoms with E-state index in [4.69, 9.17) is 28.4 Å². The fraction of sp³-hybridized carbons (Fsp3) is 0.284. The minimum atomic E-state index is -0.271. The van der Waals surface area contributed by atoms with Crippen molar-refractivity contribution in [2.75, 3.05) is 36.2 Å². The SMILES string of the molecule is CCCCOc1ccc(N(c2ccc(OCCCC)cc2)c2ccc(Oc3ccc(C(C)(C)c4ccc(Oc5ccc(N(c6ccc(OCCCC)cc6)c6ccc(OCCCC)cc6)cc5)cc4)cc3)cc2)cc1. The van der Waals surface area contributed by atoms with Crippen LogP contribution >= 0.6 is 0 Å². The molecular formula is C67H74N2O6. The summed E-state index contributed by atoms with van der Waals surface area (Å²) in [6.45, 7) is 16.0. The summed E-state index contributed by atoms with van der Waals surface area (Å²) in [6.07, 6.45) is 8.51. The van der Waals surface area contributed by atoms with Crippen LogP contribution < -0.4 is 38.2 Å². The lowest BCUT2D eigenvalue weighted by molar-refractivity contribution is 0.309. The van der Waals surface area contributed by atoms with Crippen LogP contribution in [0.5, 0.6) is 46.0 Å². The molecule has 0 radical (unpaired) electrons. The largest absolute Gasteiger partial charge is 0.494 e. The van der Waals surface area contributed by atoms with E-state index in [9.17, 15) is 0 Å². The molecule has 0 aromatic heterocycles. The minimum Gasteiger partial charge on any atom is -0.494 e. The van der Waals surface area contributed by atoms with E-state index < -0.39 is 0 Å². The average Bonchev–Trinajstić information content (AvgIpc) is 3.44. The van der Waals surface area contributed by atoms with Gasteiger partial charge >= 0.3 is 0 Å². The van der Waals surface area contributed by atoms with Gasteiger partial charge in [-0.25, -0.2) is 0 Å². The second kappa shape index (κ2) is 26.9. The van der Waals surface area contributed by atoms with E-state index in [0.29, 0.717) is 26.4 Å². The maximum absolute atomic E-state index is 6.42. The summed E-state index contributed by atoms with van der Waals surface area (Å²) in [5.74, 6) is 6.52. The molecule has 0 aliphatic heterocycles. The van der Waals surface area contributed by atoms with E-state index in [1.165, 1.54) is 11.1 Å². The highest BCUT2D eigenvalue weighted by molar-refractivity contribution is 5.78. The van der Waals surface area contributed by atoms with Crippen molar-refractivity contribution in [3.8, 4) is 46.0 Å². The van der Waals surface area contributed by atoms with E-state index in [1.807, 2.05) is 97.1 Å². The molecule has 0 N–H and O–H groups in total. The molecule has 0 heterocycles. The van der Waals surface area contributed by atoms with Gasteiger partial charge in [0.2, 0.25) is 0 Å². The Balaban J connectivity index is 0.912. The van der Waals surface area contributed by atoms with Gasteiger partial charge in [0.15, 0.2) is 0 Å². The zero-order valence-corrected chi connectivity index (χ0v) is 44.8. The third-order valence-electron chi connectivity index (χ3n) is 13.3. The first-order valence-corrected chi connectivity index (χ1v) is 27.0. The Kier molecular flexibility index (Phi) is 19.2. The predicted octanol–water partition coefficient (Wildman–Crippen LogP) is 19.3. The molecule has 0 unspecified atom stereocenters. The summed E-state index contributed by atoms with van der Waals surface area (Å²) < 4.78 is 36.8. The molecule has 0 amide bonds. The van der Waals surface area contributed by atoms with Gasteiger partial charge in [-0.2, -0.15) is 0 Å². The van der Waals surface area contributed by atoms with Crippen LogP contribution in [0.2, 0.25) is 0 Å². The van der Waals surface area contributed by atoms with Gasteiger partial charge in [-0.1, -0.05) is 91.5 Å². The molecule has 8 aromatic rings. The number of benzene rings is 8. The Morgan fingerprint density at radius 1 is 0.267 bits per heavy atom. The van der Waals surface area contributed by atoms with E-state index >= 15 is 0 Å². The molecule has 0 aliphatic carbocycles. The van der Waals surface area contributed by atoms with Crippen molar-refractivity contribution in [2.24, 2.45) is 0 Å². The zero-order chi connectivity index (χ0) is 52.2. The lowest BCUT2D eigenvalue weighted by atomic mass is 9.78. The van der Waals surface area contributed by atoms with Crippen molar-refractivity contribution in [2.45, 2.75) is 98.3 Å². The topological polar surface area (TPSA) is 61.9 Å². The second-order valence-corrected chi connectivity index (χ2v) is 19.3. The van der Waals surface area contributed by atoms with Gasteiger partial charge in [0.05, 0.1) is 26.4 Å². The standard InChI is InChI=1S/C67H74N2O6/c1-7-11-47-70-59-35-19-53(20-36-59)68(54-21-37-60(38-22-54)71-48-12-8-2)57-27-43-65(44-28-57)74-63-31-15-51(16-32-63)67(5,6)52-17-33-64(34-18-52)75-66-45-29-58(30-46-66)69(55-23-39-61(40-24-55)72-49-13-9-3)56-25-41-62(42-26-56)73-50-14-10-4/h15-46H,7-14,47-50H2,1-6H3. The maximum atomic E-state index is 6.42. The van der Waals surface area contributed by atoms with Crippen molar-refractivity contribution in [3.05, 3.63) is 205 Å². The molecule has 0 atom stereocenters. The molecule has 0 aliphatic rings. The Morgan fingerprint density at radius 2 is 0.453 bits per heavy atom. The summed E-state index contributed by atoms with van der Waals surface area (Å²) in [4.78, 5) is 4.46. The number of nitrogens with zero attached hydrogens (tertiary/aromatic N) is 2. The molecular weight excluding hydrogens is 929 g/mol. The Hall–Kier alpha value is -7.84. The van der Waals surface area contributed by atoms with E-state index in [1.54, 1.807) is 0 Å². The highest BCUT2D eigenvalue weighted by Crippen LogP contribution is 2.40. The fourth-order valence-electron chi connectivity index (χ4n) is 8.64. The molecule has 0 bridgehead atoms. The minimum absolute atomic E-state index is 0.271. The average molecular weight is 1000 g/mol. The van der Waals surface area contributed by atoms with Crippen molar-refractivity contribution in [1.82, 2.24) is 0 Å². The first-order valence-electron chi connectivity index (χ1n) is 27.0. The number of hydrogen-bond acceptors (Lipinski definition) is 8. The lowest BCUT2D eigenvalue weighted by Crippen LogP contribution is -2.18. The number of ether oxygens (including phenoxy) is 6. The van der Waals surface area contributed by atoms with Gasteiger partial charge in [-0.15, -0.1) is 0 Å². The van der Waals surface area contributed by atoms with Gasteiger partial charge in [-0.05, 0) is 207 Å². The number of unbranched alkanes of at least 4 members (excludes halogenated alkanes) is 4. The molecule has 75 heavy (non-hydrogen) atoms. The third-order valence-corrected chi connectivity index (χ3v) is 13.3. The molecule has 388 valence electrons. The van der Waals surface area contributed by atoms with Crippen molar-refractivity contribution < 1.29 is 28.4 Å². The normalized spacial score (nSPS) is 11.2. The van der Waals surface area contributed by atoms with Gasteiger partial charge in [-0.3, -0.25) is 0 Å². The molecule has 8 nitrogen and oxygen atoms in total. The van der Waals surface area contributed by atoms with Crippen LogP contribution in [0.1, 0.15) is 104 Å². The van der Waals surface area contributed by atoms with Crippen LogP contribution in [0.3, 0.4) is 0 Å². The highest BCUT2D eigenvalue weighted by atomic mass is 16.5. The molecule has 0 saturated carbocycles. The Morgan fingerprint density at radius 3 is 0.653 bits per heavy atom. The Labute approximate surface area is 446 Å². The summed E-state index contributed by atoms with van der Waals surface area (Å²) in [5.41, 5.74) is 8.20. The van der Waals surface area contributed by atoms with Crippen LogP contribution in [0.15, 0.2) is 194 Å². The van der Waals surface area contributed by atoms with Crippen LogP contribution in [0.25, 0.3) is 0 Å². The molecule has 8 aromatic carbocycles. The monoisotopic (exact) mass is 1000 g/mol. The van der Waals surface area contributed by atoms with Crippen LogP contribution in [0, 0.1) is 0 Å². The van der Waals surface area contributed by atoms with Gasteiger partial charge in [0, 0.05) is 39.5 Å². The van der Waals surface area contributed by atoms with Crippen molar-refractivity contribution in [1.29, 1.82) is 0 Å². The van der Waals surface area contributed by atoms with Crippen LogP contribution in [0.4, 0.5) is 34.1 Å². The molecule has 0 fully saturated rings. The van der Waals surface area contributed by atoms with Gasteiger partial charge in [0.25, 0.3) is 0 Å². The van der Waals surface area contributed by atoms with E-state index in [-0.39, 0.29) is 5.41 Å². The summed E-state index contributed by atoms with van der Waals surface area (Å²) in [6, 6.07) is 66.4. The second-order valence-electron chi connectivity index (χ2n) is 19.3. The smallest absolute Gasteiger partial charge is 0.127 e. The molecule has 8 heteroatoms. The number of hydrogen-bond donors (Lipinski definition) is 0. The first-order chi connectivity index (χ1) is 36.7. The third kappa shape index (κ3) is 14.7. The quantitative estimate of drug-likeness (QED) is 0.0450. The van der Waals surface area contributed by atoms with E-state index in [0.717, 1.165) is 131 Å². The predicted molar refractivity (Wildman–Crippen MR) is 309 cm³/mol. The lowest BCUT2D eigenvalue weighted by Gasteiger charge is -2.27. The molecule has 0 spiro atoms. The zero-order valence-electron chi connectivity index (χ0n) is 44.8. The number of anilines is 6. The van der Waals surface area contributed by atoms with Crippen molar-refractivity contribution >= 4 is 34.1 Å². The maximum Gasteiger partial charge on any atom is 0.127 e. The summed E-state index contributed by atoms with van der Waals surface area (Å²) in [7, 11) is 0. The highest BCUT2D eigenvalue weighted by Gasteiger charge is 2.24. The van der Waals surface area contributed by atoms with E-state index in [2.05, 4.69) is 148 Å². The summed E-state index contributed by atoms with van der Waals surface area (Å²) in [5, 5.41) is 0. The van der Waals surface area contributed by atoms with Gasteiger partial charge in [0.1, 0.15) is 46.0 Å². The Bertz CT molecular complexity index is 2590. The first kappa shape index (κ1) is 53.5. The van der Waals surface area contributed by atoms with Gasteiger partial charge < -0.3 is 38.2 Å². The molecule has 0 saturated heterocycles. The van der Waals surface area contributed by atoms with Crippen molar-refractivity contribution in [3.63, 3.8) is 0 Å². The fourth-order valence-corrected chi connectivity index (χ4v) is 8.64.